The number of aromatic amines is 1. The lowest BCUT2D eigenvalue weighted by Crippen LogP contribution is -2.60. The summed E-state index contributed by atoms with van der Waals surface area (Å²) < 4.78 is 5.03. The van der Waals surface area contributed by atoms with Crippen molar-refractivity contribution >= 4 is 5.91 Å². The standard InChI is InChI=1S/C15H21N5O4/c1-10-4-11(19-24-10)6-20-3-2-15(23,13(21)7-20)8-17-14(22)12-5-16-9-18-12/h4-5,9,13,21,23H,2-3,6-8H2,1H3,(H,16,18)(H,17,22)/t13-,15-/m1/s1. The minimum atomic E-state index is -1.36. The van der Waals surface area contributed by atoms with Crippen LogP contribution in [-0.2, 0) is 6.54 Å². The van der Waals surface area contributed by atoms with E-state index in [4.69, 9.17) is 4.52 Å². The van der Waals surface area contributed by atoms with Gasteiger partial charge in [0.2, 0.25) is 0 Å². The molecule has 0 aromatic carbocycles. The molecule has 2 aromatic heterocycles. The third-order valence-electron chi connectivity index (χ3n) is 4.27. The van der Waals surface area contributed by atoms with Crippen LogP contribution in [0, 0.1) is 6.92 Å². The van der Waals surface area contributed by atoms with E-state index in [9.17, 15) is 15.0 Å². The molecule has 4 N–H and O–H groups in total. The molecule has 3 heterocycles. The first-order valence-corrected chi connectivity index (χ1v) is 7.78. The van der Waals surface area contributed by atoms with Gasteiger partial charge in [-0.15, -0.1) is 0 Å². The van der Waals surface area contributed by atoms with Crippen molar-refractivity contribution in [2.75, 3.05) is 19.6 Å². The molecule has 9 heteroatoms. The maximum absolute atomic E-state index is 11.9. The van der Waals surface area contributed by atoms with Crippen molar-refractivity contribution in [3.8, 4) is 0 Å². The minimum absolute atomic E-state index is 0.0249. The van der Waals surface area contributed by atoms with E-state index in [2.05, 4.69) is 20.4 Å². The van der Waals surface area contributed by atoms with Crippen LogP contribution < -0.4 is 5.32 Å². The average Bonchev–Trinajstić information content (AvgIpc) is 3.21. The first-order chi connectivity index (χ1) is 11.5. The zero-order valence-electron chi connectivity index (χ0n) is 13.4. The van der Waals surface area contributed by atoms with Crippen molar-refractivity contribution in [3.63, 3.8) is 0 Å². The Bertz CT molecular complexity index is 686. The molecule has 0 radical (unpaired) electrons. The summed E-state index contributed by atoms with van der Waals surface area (Å²) in [7, 11) is 0. The quantitative estimate of drug-likeness (QED) is 0.576. The summed E-state index contributed by atoms with van der Waals surface area (Å²) >= 11 is 0. The number of aromatic nitrogens is 3. The van der Waals surface area contributed by atoms with Crippen LogP contribution in [0.3, 0.4) is 0 Å². The van der Waals surface area contributed by atoms with Gasteiger partial charge in [-0.3, -0.25) is 9.69 Å². The van der Waals surface area contributed by atoms with Gasteiger partial charge in [-0.2, -0.15) is 0 Å². The van der Waals surface area contributed by atoms with E-state index in [-0.39, 0.29) is 12.5 Å². The smallest absolute Gasteiger partial charge is 0.269 e. The number of carbonyl (C=O) groups excluding carboxylic acids is 1. The van der Waals surface area contributed by atoms with Gasteiger partial charge in [-0.1, -0.05) is 5.16 Å². The maximum atomic E-state index is 11.9. The van der Waals surface area contributed by atoms with Crippen LogP contribution in [0.5, 0.6) is 0 Å². The number of nitrogens with one attached hydrogen (secondary N) is 2. The van der Waals surface area contributed by atoms with Crippen molar-refractivity contribution < 1.29 is 19.5 Å². The largest absolute Gasteiger partial charge is 0.389 e. The van der Waals surface area contributed by atoms with Gasteiger partial charge in [0.25, 0.3) is 5.91 Å². The summed E-state index contributed by atoms with van der Waals surface area (Å²) in [4.78, 5) is 20.4. The van der Waals surface area contributed by atoms with Crippen molar-refractivity contribution in [1.82, 2.24) is 25.3 Å². The first kappa shape index (κ1) is 16.6. The number of H-pyrrole nitrogens is 1. The zero-order chi connectivity index (χ0) is 17.2. The van der Waals surface area contributed by atoms with Crippen molar-refractivity contribution in [1.29, 1.82) is 0 Å². The Labute approximate surface area is 138 Å². The molecular weight excluding hydrogens is 314 g/mol. The molecule has 2 aromatic rings. The monoisotopic (exact) mass is 335 g/mol. The van der Waals surface area contributed by atoms with E-state index in [0.29, 0.717) is 31.7 Å². The number of nitrogens with zero attached hydrogens (tertiary/aromatic N) is 3. The number of aliphatic hydroxyl groups excluding tert-OH is 1. The molecule has 3 rings (SSSR count). The number of β-amino-alcohol motifs (C(OH)–C–C–N with tert-alkyl or cyclic N) is 1. The van der Waals surface area contributed by atoms with Crippen LogP contribution in [-0.4, -0.2) is 67.5 Å². The average molecular weight is 335 g/mol. The highest BCUT2D eigenvalue weighted by Crippen LogP contribution is 2.23. The van der Waals surface area contributed by atoms with Gasteiger partial charge in [0.1, 0.15) is 17.1 Å². The highest BCUT2D eigenvalue weighted by molar-refractivity contribution is 5.91. The van der Waals surface area contributed by atoms with Crippen molar-refractivity contribution in [3.05, 3.63) is 35.7 Å². The normalized spacial score (nSPS) is 24.9. The van der Waals surface area contributed by atoms with Crippen LogP contribution in [0.15, 0.2) is 23.1 Å². The molecule has 1 amide bonds. The van der Waals surface area contributed by atoms with E-state index in [1.807, 2.05) is 17.9 Å². The van der Waals surface area contributed by atoms with Crippen LogP contribution in [0.1, 0.15) is 28.4 Å². The van der Waals surface area contributed by atoms with Crippen molar-refractivity contribution in [2.45, 2.75) is 31.6 Å². The first-order valence-electron chi connectivity index (χ1n) is 7.78. The number of aryl methyl sites for hydroxylation is 1. The molecule has 0 unspecified atom stereocenters. The van der Waals surface area contributed by atoms with E-state index in [1.165, 1.54) is 12.5 Å². The van der Waals surface area contributed by atoms with Gasteiger partial charge < -0.3 is 25.0 Å². The molecule has 0 bridgehead atoms. The Balaban J connectivity index is 1.53. The van der Waals surface area contributed by atoms with Gasteiger partial charge in [-0.05, 0) is 13.3 Å². The van der Waals surface area contributed by atoms with Crippen LogP contribution in [0.2, 0.25) is 0 Å². The summed E-state index contributed by atoms with van der Waals surface area (Å²) in [6.07, 6.45) is 2.18. The molecule has 9 nitrogen and oxygen atoms in total. The molecule has 1 aliphatic rings. The van der Waals surface area contributed by atoms with Crippen LogP contribution >= 0.6 is 0 Å². The lowest BCUT2D eigenvalue weighted by Gasteiger charge is -2.41. The fraction of sp³-hybridized carbons (Fsp3) is 0.533. The predicted molar refractivity (Wildman–Crippen MR) is 83.0 cm³/mol. The molecular formula is C15H21N5O4. The number of hydrogen-bond donors (Lipinski definition) is 4. The van der Waals surface area contributed by atoms with Gasteiger partial charge in [0, 0.05) is 32.2 Å². The maximum Gasteiger partial charge on any atom is 0.269 e. The highest BCUT2D eigenvalue weighted by Gasteiger charge is 2.41. The second-order valence-corrected chi connectivity index (χ2v) is 6.18. The van der Waals surface area contributed by atoms with Gasteiger partial charge in [-0.25, -0.2) is 4.98 Å². The molecule has 2 atom stereocenters. The number of imidazole rings is 1. The molecule has 0 aliphatic carbocycles. The number of rotatable bonds is 5. The topological polar surface area (TPSA) is 128 Å². The Morgan fingerprint density at radius 3 is 3.08 bits per heavy atom. The molecule has 24 heavy (non-hydrogen) atoms. The second-order valence-electron chi connectivity index (χ2n) is 6.18. The van der Waals surface area contributed by atoms with E-state index < -0.39 is 11.7 Å². The third-order valence-corrected chi connectivity index (χ3v) is 4.27. The summed E-state index contributed by atoms with van der Waals surface area (Å²) in [6.45, 7) is 3.22. The number of likely N-dealkylation sites (tertiary alicyclic amines) is 1. The molecule has 1 fully saturated rings. The van der Waals surface area contributed by atoms with Crippen molar-refractivity contribution in [2.24, 2.45) is 0 Å². The van der Waals surface area contributed by atoms with Gasteiger partial charge >= 0.3 is 0 Å². The molecule has 0 spiro atoms. The lowest BCUT2D eigenvalue weighted by molar-refractivity contribution is -0.117. The van der Waals surface area contributed by atoms with E-state index >= 15 is 0 Å². The van der Waals surface area contributed by atoms with E-state index in [0.717, 1.165) is 11.5 Å². The second kappa shape index (κ2) is 6.71. The summed E-state index contributed by atoms with van der Waals surface area (Å²) in [6, 6.07) is 1.85. The van der Waals surface area contributed by atoms with Crippen LogP contribution in [0.25, 0.3) is 0 Å². The molecule has 130 valence electrons. The van der Waals surface area contributed by atoms with Crippen LogP contribution in [0.4, 0.5) is 0 Å². The van der Waals surface area contributed by atoms with Gasteiger partial charge in [0.05, 0.1) is 24.3 Å². The number of amides is 1. The fourth-order valence-electron chi connectivity index (χ4n) is 2.80. The predicted octanol–water partition coefficient (Wildman–Crippen LogP) is -0.566. The Kier molecular flexibility index (Phi) is 4.65. The number of carbonyl (C=O) groups is 1. The number of hydrogen-bond acceptors (Lipinski definition) is 7. The molecule has 1 aliphatic heterocycles. The number of aliphatic hydroxyl groups is 2. The zero-order valence-corrected chi connectivity index (χ0v) is 13.4. The Hall–Kier alpha value is -2.23. The lowest BCUT2D eigenvalue weighted by atomic mass is 9.88. The molecule has 0 saturated carbocycles. The Morgan fingerprint density at radius 2 is 2.46 bits per heavy atom. The number of piperidine rings is 1. The Morgan fingerprint density at radius 1 is 1.62 bits per heavy atom. The third kappa shape index (κ3) is 3.64. The highest BCUT2D eigenvalue weighted by atomic mass is 16.5. The fourth-order valence-corrected chi connectivity index (χ4v) is 2.80. The SMILES string of the molecule is Cc1cc(CN2CC[C@@](O)(CNC(=O)c3cnc[nH]3)[C@H](O)C2)no1. The minimum Gasteiger partial charge on any atom is -0.389 e. The summed E-state index contributed by atoms with van der Waals surface area (Å²) in [5.41, 5.74) is -0.254. The van der Waals surface area contributed by atoms with E-state index in [1.54, 1.807) is 0 Å². The summed E-state index contributed by atoms with van der Waals surface area (Å²) in [5.74, 6) is 0.370. The molecule has 1 saturated heterocycles. The van der Waals surface area contributed by atoms with Gasteiger partial charge in [0.15, 0.2) is 0 Å². The summed E-state index contributed by atoms with van der Waals surface area (Å²) in [5, 5.41) is 27.5.